The van der Waals surface area contributed by atoms with Crippen LogP contribution in [0.15, 0.2) is 24.3 Å². The Labute approximate surface area is 119 Å². The van der Waals surface area contributed by atoms with Crippen molar-refractivity contribution in [2.24, 2.45) is 11.7 Å². The predicted octanol–water partition coefficient (Wildman–Crippen LogP) is 1.75. The van der Waals surface area contributed by atoms with E-state index < -0.39 is 6.04 Å². The van der Waals surface area contributed by atoms with Gasteiger partial charge in [0.25, 0.3) is 5.91 Å². The van der Waals surface area contributed by atoms with Gasteiger partial charge in [0.1, 0.15) is 0 Å². The van der Waals surface area contributed by atoms with E-state index in [-0.39, 0.29) is 17.7 Å². The molecule has 1 rings (SSSR count). The molecule has 4 N–H and O–H groups in total. The van der Waals surface area contributed by atoms with Crippen molar-refractivity contribution in [1.29, 1.82) is 0 Å². The van der Waals surface area contributed by atoms with E-state index in [0.717, 1.165) is 6.42 Å². The molecular formula is C15H23N3O2. The van der Waals surface area contributed by atoms with Gasteiger partial charge >= 0.3 is 0 Å². The number of benzene rings is 1. The van der Waals surface area contributed by atoms with Crippen LogP contribution in [0, 0.1) is 5.92 Å². The first-order valence-electron chi connectivity index (χ1n) is 6.94. The fraction of sp³-hybridized carbons (Fsp3) is 0.467. The van der Waals surface area contributed by atoms with Crippen LogP contribution in [-0.4, -0.2) is 24.4 Å². The number of rotatable bonds is 6. The average Bonchev–Trinajstić information content (AvgIpc) is 2.46. The lowest BCUT2D eigenvalue weighted by molar-refractivity contribution is -0.118. The normalized spacial score (nSPS) is 13.4. The summed E-state index contributed by atoms with van der Waals surface area (Å²) in [7, 11) is 0. The van der Waals surface area contributed by atoms with E-state index in [1.54, 1.807) is 24.3 Å². The van der Waals surface area contributed by atoms with Crippen LogP contribution >= 0.6 is 0 Å². The lowest BCUT2D eigenvalue weighted by Gasteiger charge is -2.17. The van der Waals surface area contributed by atoms with Crippen LogP contribution < -0.4 is 16.4 Å². The number of carbonyl (C=O) groups excluding carboxylic acids is 2. The highest BCUT2D eigenvalue weighted by Gasteiger charge is 2.19. The smallest absolute Gasteiger partial charge is 0.251 e. The molecule has 2 atom stereocenters. The summed E-state index contributed by atoms with van der Waals surface area (Å²) in [5.74, 6) is -0.198. The fourth-order valence-electron chi connectivity index (χ4n) is 1.71. The van der Waals surface area contributed by atoms with Crippen LogP contribution in [0.5, 0.6) is 0 Å². The van der Waals surface area contributed by atoms with E-state index in [4.69, 9.17) is 5.73 Å². The van der Waals surface area contributed by atoms with Gasteiger partial charge < -0.3 is 16.4 Å². The van der Waals surface area contributed by atoms with Gasteiger partial charge in [0, 0.05) is 17.8 Å². The number of nitrogens with two attached hydrogens (primary N) is 1. The van der Waals surface area contributed by atoms with Gasteiger partial charge in [-0.3, -0.25) is 9.59 Å². The molecule has 0 radical (unpaired) electrons. The van der Waals surface area contributed by atoms with Crippen LogP contribution in [0.2, 0.25) is 0 Å². The van der Waals surface area contributed by atoms with E-state index in [2.05, 4.69) is 10.6 Å². The van der Waals surface area contributed by atoms with Crippen LogP contribution in [0.25, 0.3) is 0 Å². The molecular weight excluding hydrogens is 254 g/mol. The molecule has 0 aliphatic heterocycles. The molecule has 20 heavy (non-hydrogen) atoms. The summed E-state index contributed by atoms with van der Waals surface area (Å²) in [6.07, 6.45) is 0.852. The highest BCUT2D eigenvalue weighted by molar-refractivity contribution is 5.97. The van der Waals surface area contributed by atoms with E-state index in [9.17, 15) is 9.59 Å². The number of hydrogen-bond acceptors (Lipinski definition) is 3. The molecule has 0 aliphatic rings. The molecule has 0 heterocycles. The SMILES string of the molecule is CCNC(=O)c1ccc(NC(=O)C(N)C(C)CC)cc1. The van der Waals surface area contributed by atoms with Crippen molar-refractivity contribution in [3.8, 4) is 0 Å². The topological polar surface area (TPSA) is 84.2 Å². The third kappa shape index (κ3) is 4.35. The zero-order chi connectivity index (χ0) is 15.1. The van der Waals surface area contributed by atoms with E-state index in [1.165, 1.54) is 0 Å². The molecule has 1 aromatic carbocycles. The molecule has 0 aliphatic carbocycles. The Morgan fingerprint density at radius 3 is 2.30 bits per heavy atom. The second-order valence-electron chi connectivity index (χ2n) is 4.84. The minimum atomic E-state index is -0.525. The van der Waals surface area contributed by atoms with Gasteiger partial charge in [0.2, 0.25) is 5.91 Å². The molecule has 5 heteroatoms. The molecule has 2 unspecified atom stereocenters. The lowest BCUT2D eigenvalue weighted by Crippen LogP contribution is -2.40. The molecule has 1 aromatic rings. The lowest BCUT2D eigenvalue weighted by atomic mass is 9.99. The zero-order valence-corrected chi connectivity index (χ0v) is 12.3. The summed E-state index contributed by atoms with van der Waals surface area (Å²) in [4.78, 5) is 23.5. The van der Waals surface area contributed by atoms with Crippen LogP contribution in [0.4, 0.5) is 5.69 Å². The molecule has 110 valence electrons. The summed E-state index contributed by atoms with van der Waals surface area (Å²) in [6, 6.07) is 6.23. The Bertz CT molecular complexity index is 457. The molecule has 0 spiro atoms. The Hall–Kier alpha value is -1.88. The minimum Gasteiger partial charge on any atom is -0.352 e. The number of nitrogens with one attached hydrogen (secondary N) is 2. The second kappa shape index (κ2) is 7.65. The third-order valence-electron chi connectivity index (χ3n) is 3.31. The highest BCUT2D eigenvalue weighted by atomic mass is 16.2. The molecule has 0 saturated heterocycles. The Morgan fingerprint density at radius 1 is 1.20 bits per heavy atom. The maximum atomic E-state index is 11.9. The maximum Gasteiger partial charge on any atom is 0.251 e. The van der Waals surface area contributed by atoms with Crippen molar-refractivity contribution >= 4 is 17.5 Å². The van der Waals surface area contributed by atoms with Gasteiger partial charge in [-0.1, -0.05) is 20.3 Å². The molecule has 0 fully saturated rings. The van der Waals surface area contributed by atoms with Gasteiger partial charge in [-0.15, -0.1) is 0 Å². The number of anilines is 1. The number of carbonyl (C=O) groups is 2. The van der Waals surface area contributed by atoms with Crippen LogP contribution in [0.3, 0.4) is 0 Å². The molecule has 5 nitrogen and oxygen atoms in total. The summed E-state index contributed by atoms with van der Waals surface area (Å²) < 4.78 is 0. The number of amides is 2. The summed E-state index contributed by atoms with van der Waals surface area (Å²) >= 11 is 0. The summed E-state index contributed by atoms with van der Waals surface area (Å²) in [5, 5.41) is 5.48. The molecule has 0 aromatic heterocycles. The highest BCUT2D eigenvalue weighted by Crippen LogP contribution is 2.12. The maximum absolute atomic E-state index is 11.9. The minimum absolute atomic E-state index is 0.123. The standard InChI is InChI=1S/C15H23N3O2/c1-4-10(3)13(16)15(20)18-12-8-6-11(7-9-12)14(19)17-5-2/h6-10,13H,4-5,16H2,1-3H3,(H,17,19)(H,18,20). The van der Waals surface area contributed by atoms with Gasteiger partial charge in [0.15, 0.2) is 0 Å². The van der Waals surface area contributed by atoms with Crippen molar-refractivity contribution in [2.45, 2.75) is 33.2 Å². The fourth-order valence-corrected chi connectivity index (χ4v) is 1.71. The molecule has 0 bridgehead atoms. The van der Waals surface area contributed by atoms with Gasteiger partial charge in [0.05, 0.1) is 6.04 Å². The van der Waals surface area contributed by atoms with Crippen molar-refractivity contribution in [1.82, 2.24) is 5.32 Å². The molecule has 0 saturated carbocycles. The van der Waals surface area contributed by atoms with Crippen LogP contribution in [0.1, 0.15) is 37.6 Å². The Kier molecular flexibility index (Phi) is 6.18. The predicted molar refractivity (Wildman–Crippen MR) is 80.5 cm³/mol. The van der Waals surface area contributed by atoms with E-state index >= 15 is 0 Å². The Morgan fingerprint density at radius 2 is 1.80 bits per heavy atom. The summed E-state index contributed by atoms with van der Waals surface area (Å²) in [5.41, 5.74) is 7.07. The first-order chi connectivity index (χ1) is 9.49. The van der Waals surface area contributed by atoms with E-state index in [1.807, 2.05) is 20.8 Å². The zero-order valence-electron chi connectivity index (χ0n) is 12.3. The van der Waals surface area contributed by atoms with E-state index in [0.29, 0.717) is 17.8 Å². The van der Waals surface area contributed by atoms with Crippen molar-refractivity contribution in [3.05, 3.63) is 29.8 Å². The van der Waals surface area contributed by atoms with Crippen molar-refractivity contribution < 1.29 is 9.59 Å². The van der Waals surface area contributed by atoms with Gasteiger partial charge in [-0.2, -0.15) is 0 Å². The second-order valence-corrected chi connectivity index (χ2v) is 4.84. The number of hydrogen-bond donors (Lipinski definition) is 3. The molecule has 2 amide bonds. The first-order valence-corrected chi connectivity index (χ1v) is 6.94. The monoisotopic (exact) mass is 277 g/mol. The van der Waals surface area contributed by atoms with Crippen LogP contribution in [-0.2, 0) is 4.79 Å². The third-order valence-corrected chi connectivity index (χ3v) is 3.31. The summed E-state index contributed by atoms with van der Waals surface area (Å²) in [6.45, 7) is 6.39. The average molecular weight is 277 g/mol. The van der Waals surface area contributed by atoms with Crippen molar-refractivity contribution in [2.75, 3.05) is 11.9 Å². The van der Waals surface area contributed by atoms with Crippen molar-refractivity contribution in [3.63, 3.8) is 0 Å². The first kappa shape index (κ1) is 16.2. The largest absolute Gasteiger partial charge is 0.352 e. The quantitative estimate of drug-likeness (QED) is 0.740. The van der Waals surface area contributed by atoms with Gasteiger partial charge in [-0.25, -0.2) is 0 Å². The Balaban J connectivity index is 2.66. The van der Waals surface area contributed by atoms with Gasteiger partial charge in [-0.05, 0) is 37.1 Å².